The first-order chi connectivity index (χ1) is 17.3. The van der Waals surface area contributed by atoms with Crippen LogP contribution in [0.3, 0.4) is 0 Å². The van der Waals surface area contributed by atoms with Crippen molar-refractivity contribution in [2.45, 2.75) is 24.9 Å². The highest BCUT2D eigenvalue weighted by Gasteiger charge is 2.54. The molecule has 0 bridgehead atoms. The molecule has 13 nitrogen and oxygen atoms in total. The highest BCUT2D eigenvalue weighted by atomic mass is 32.2. The van der Waals surface area contributed by atoms with Crippen LogP contribution in [0, 0.1) is 6.92 Å². The van der Waals surface area contributed by atoms with Gasteiger partial charge in [0.05, 0.1) is 6.54 Å². The molecule has 5 rings (SSSR count). The Labute approximate surface area is 212 Å². The molecule has 0 saturated carbocycles. The second-order valence-corrected chi connectivity index (χ2v) is 10.0. The lowest BCUT2D eigenvalue weighted by Crippen LogP contribution is -2.71. The standard InChI is InChI=1S/C21H20N8O5S2/c1-10-4-3-5-13-27(9-23-29(10)13)6-11-7-35-19-15(18(31)28(19)16(11)20(32)33)25-17(30)14(26-34-2)12-8-36-21(22)24-12/h3-5,8-9,15,19H,6-7H2,1-2H3,(H3-,22,24,25,30,32,33)/p+1/b26-14-/t15-,19-/m1/s1. The molecule has 5 heterocycles. The number of anilines is 1. The number of rotatable bonds is 7. The minimum Gasteiger partial charge on any atom is -0.477 e. The normalized spacial score (nSPS) is 19.8. The Morgan fingerprint density at radius 3 is 2.92 bits per heavy atom. The van der Waals surface area contributed by atoms with Gasteiger partial charge in [-0.3, -0.25) is 14.5 Å². The Bertz CT molecular complexity index is 1460. The number of hydrogen-bond donors (Lipinski definition) is 3. The zero-order chi connectivity index (χ0) is 25.6. The first-order valence-electron chi connectivity index (χ1n) is 10.7. The fraction of sp³-hybridized carbons (Fsp3) is 0.286. The van der Waals surface area contributed by atoms with Crippen molar-refractivity contribution in [1.82, 2.24) is 24.8 Å². The van der Waals surface area contributed by atoms with Gasteiger partial charge in [0.1, 0.15) is 35.6 Å². The molecule has 36 heavy (non-hydrogen) atoms. The average molecular weight is 530 g/mol. The monoisotopic (exact) mass is 529 g/mol. The van der Waals surface area contributed by atoms with Gasteiger partial charge in [-0.05, 0) is 13.0 Å². The van der Waals surface area contributed by atoms with Crippen LogP contribution in [0.25, 0.3) is 5.65 Å². The van der Waals surface area contributed by atoms with E-state index >= 15 is 0 Å². The lowest BCUT2D eigenvalue weighted by atomic mass is 10.0. The highest BCUT2D eigenvalue weighted by Crippen LogP contribution is 2.40. The van der Waals surface area contributed by atoms with Crippen molar-refractivity contribution in [2.24, 2.45) is 5.16 Å². The predicted molar refractivity (Wildman–Crippen MR) is 130 cm³/mol. The molecule has 1 saturated heterocycles. The Kier molecular flexibility index (Phi) is 6.09. The zero-order valence-corrected chi connectivity index (χ0v) is 20.7. The third-order valence-electron chi connectivity index (χ3n) is 5.79. The molecule has 0 unspecified atom stereocenters. The van der Waals surface area contributed by atoms with Gasteiger partial charge < -0.3 is 21.0 Å². The van der Waals surface area contributed by atoms with Gasteiger partial charge in [-0.1, -0.05) is 15.7 Å². The van der Waals surface area contributed by atoms with Crippen LogP contribution >= 0.6 is 23.1 Å². The number of β-lactam (4-membered cyclic amide) rings is 1. The number of aliphatic carboxylic acids is 1. The van der Waals surface area contributed by atoms with Gasteiger partial charge in [0.25, 0.3) is 23.8 Å². The summed E-state index contributed by atoms with van der Waals surface area (Å²) in [6.07, 6.45) is 1.63. The van der Waals surface area contributed by atoms with E-state index in [1.165, 1.54) is 23.8 Å². The van der Waals surface area contributed by atoms with Gasteiger partial charge in [0, 0.05) is 27.9 Å². The van der Waals surface area contributed by atoms with Gasteiger partial charge >= 0.3 is 5.97 Å². The number of thioether (sulfide) groups is 1. The maximum atomic E-state index is 13.0. The SMILES string of the molecule is CO/N=C(\C(=O)N[C@@H]1C(=O)N2C(C(=O)O)=C(C[n+]3cnn4c(C)cccc43)CS[C@H]12)c1csc(N)n1. The van der Waals surface area contributed by atoms with Crippen LogP contribution in [0.4, 0.5) is 5.13 Å². The fourth-order valence-corrected chi connectivity index (χ4v) is 6.05. The number of pyridine rings is 1. The number of carbonyl (C=O) groups excluding carboxylic acids is 2. The summed E-state index contributed by atoms with van der Waals surface area (Å²) in [6, 6.07) is 4.78. The summed E-state index contributed by atoms with van der Waals surface area (Å²) in [7, 11) is 1.28. The maximum absolute atomic E-state index is 13.0. The number of carboxylic acids is 1. The maximum Gasteiger partial charge on any atom is 0.352 e. The van der Waals surface area contributed by atoms with E-state index in [4.69, 9.17) is 10.6 Å². The number of amides is 2. The van der Waals surface area contributed by atoms with Crippen molar-refractivity contribution in [2.75, 3.05) is 18.6 Å². The molecule has 186 valence electrons. The van der Waals surface area contributed by atoms with E-state index in [0.717, 1.165) is 22.7 Å². The quantitative estimate of drug-likeness (QED) is 0.162. The van der Waals surface area contributed by atoms with E-state index in [0.29, 0.717) is 11.3 Å². The molecule has 2 amide bonds. The first kappa shape index (κ1) is 23.7. The molecular weight excluding hydrogens is 508 g/mol. The van der Waals surface area contributed by atoms with Crippen molar-refractivity contribution >= 4 is 57.4 Å². The van der Waals surface area contributed by atoms with Crippen LogP contribution < -0.4 is 15.6 Å². The van der Waals surface area contributed by atoms with Gasteiger partial charge in [0.15, 0.2) is 10.8 Å². The van der Waals surface area contributed by atoms with Gasteiger partial charge in [-0.25, -0.2) is 14.3 Å². The summed E-state index contributed by atoms with van der Waals surface area (Å²) in [5, 5.41) is 21.9. The molecular formula is C21H21N8O5S2+. The topological polar surface area (TPSA) is 168 Å². The van der Waals surface area contributed by atoms with Crippen LogP contribution in [-0.2, 0) is 25.8 Å². The molecule has 0 spiro atoms. The van der Waals surface area contributed by atoms with Crippen molar-refractivity contribution in [3.63, 3.8) is 0 Å². The Morgan fingerprint density at radius 2 is 2.22 bits per heavy atom. The van der Waals surface area contributed by atoms with E-state index in [1.54, 1.807) is 16.2 Å². The third kappa shape index (κ3) is 3.95. The summed E-state index contributed by atoms with van der Waals surface area (Å²) in [4.78, 5) is 48.2. The van der Waals surface area contributed by atoms with E-state index in [9.17, 15) is 19.5 Å². The second kappa shape index (κ2) is 9.23. The second-order valence-electron chi connectivity index (χ2n) is 8.01. The molecule has 2 aliphatic rings. The zero-order valence-electron chi connectivity index (χ0n) is 19.1. The average Bonchev–Trinajstić information content (AvgIpc) is 3.47. The van der Waals surface area contributed by atoms with E-state index in [-0.39, 0.29) is 28.8 Å². The number of hydrogen-bond acceptors (Lipinski definition) is 10. The van der Waals surface area contributed by atoms with Crippen LogP contribution in [0.15, 0.2) is 46.3 Å². The molecule has 4 N–H and O–H groups in total. The number of aromatic nitrogens is 4. The van der Waals surface area contributed by atoms with Crippen molar-refractivity contribution < 1.29 is 28.9 Å². The van der Waals surface area contributed by atoms with Crippen LogP contribution in [0.1, 0.15) is 11.4 Å². The summed E-state index contributed by atoms with van der Waals surface area (Å²) in [5.74, 6) is -2.04. The summed E-state index contributed by atoms with van der Waals surface area (Å²) in [6.45, 7) is 2.18. The largest absolute Gasteiger partial charge is 0.477 e. The molecule has 1 fully saturated rings. The molecule has 2 atom stereocenters. The number of thiazole rings is 1. The van der Waals surface area contributed by atoms with Crippen molar-refractivity contribution in [3.05, 3.63) is 52.6 Å². The van der Waals surface area contributed by atoms with Gasteiger partial charge in [0.2, 0.25) is 0 Å². The third-order valence-corrected chi connectivity index (χ3v) is 7.81. The lowest BCUT2D eigenvalue weighted by Gasteiger charge is -2.49. The minimum atomic E-state index is -1.21. The highest BCUT2D eigenvalue weighted by molar-refractivity contribution is 8.00. The van der Waals surface area contributed by atoms with Crippen molar-refractivity contribution in [3.8, 4) is 0 Å². The number of nitrogens with one attached hydrogen (secondary N) is 1. The lowest BCUT2D eigenvalue weighted by molar-refractivity contribution is -0.664. The molecule has 0 aromatic carbocycles. The molecule has 0 radical (unpaired) electrons. The molecule has 0 aliphatic carbocycles. The Morgan fingerprint density at radius 1 is 1.42 bits per heavy atom. The van der Waals surface area contributed by atoms with Gasteiger partial charge in [-0.15, -0.1) is 23.1 Å². The number of nitrogens with two attached hydrogens (primary N) is 1. The summed E-state index contributed by atoms with van der Waals surface area (Å²) < 4.78 is 3.60. The molecule has 15 heteroatoms. The first-order valence-corrected chi connectivity index (χ1v) is 12.6. The van der Waals surface area contributed by atoms with Crippen molar-refractivity contribution in [1.29, 1.82) is 0 Å². The number of nitrogen functional groups attached to an aromatic ring is 1. The number of nitrogens with zero attached hydrogens (tertiary/aromatic N) is 6. The summed E-state index contributed by atoms with van der Waals surface area (Å²) >= 11 is 2.51. The van der Waals surface area contributed by atoms with E-state index in [1.807, 2.05) is 29.7 Å². The molecule has 2 aliphatic heterocycles. The predicted octanol–water partition coefficient (Wildman–Crippen LogP) is -0.242. The molecule has 3 aromatic rings. The number of fused-ring (bicyclic) bond motifs is 2. The van der Waals surface area contributed by atoms with Gasteiger partial charge in [-0.2, -0.15) is 0 Å². The number of carboxylic acid groups (broad SMARTS) is 1. The minimum absolute atomic E-state index is 0.0770. The number of aryl methyl sites for hydroxylation is 1. The number of oxime groups is 1. The Hall–Kier alpha value is -3.98. The van der Waals surface area contributed by atoms with Crippen LogP contribution in [0.2, 0.25) is 0 Å². The molecule has 3 aromatic heterocycles. The number of carbonyl (C=O) groups is 3. The fourth-order valence-electron chi connectivity index (χ4n) is 4.17. The van der Waals surface area contributed by atoms with E-state index < -0.39 is 29.2 Å². The van der Waals surface area contributed by atoms with Crippen LogP contribution in [0.5, 0.6) is 0 Å². The van der Waals surface area contributed by atoms with E-state index in [2.05, 4.69) is 20.6 Å². The van der Waals surface area contributed by atoms with Crippen LogP contribution in [-0.4, -0.2) is 72.4 Å². The Balaban J connectivity index is 1.38. The smallest absolute Gasteiger partial charge is 0.352 e. The summed E-state index contributed by atoms with van der Waals surface area (Å²) in [5.41, 5.74) is 7.96.